The van der Waals surface area contributed by atoms with Gasteiger partial charge >= 0.3 is 0 Å². The van der Waals surface area contributed by atoms with Crippen LogP contribution in [0, 0.1) is 5.82 Å². The minimum absolute atomic E-state index is 0.227. The van der Waals surface area contributed by atoms with Crippen molar-refractivity contribution in [3.8, 4) is 0 Å². The maximum Gasteiger partial charge on any atom is 0.123 e. The third-order valence-corrected chi connectivity index (χ3v) is 3.01. The van der Waals surface area contributed by atoms with E-state index in [0.29, 0.717) is 11.4 Å². The summed E-state index contributed by atoms with van der Waals surface area (Å²) in [4.78, 5) is 7.67. The molecular formula is C14H10ClFN2. The molecule has 0 saturated carbocycles. The van der Waals surface area contributed by atoms with Gasteiger partial charge < -0.3 is 4.98 Å². The Hall–Kier alpha value is -1.87. The molecule has 90 valence electrons. The highest BCUT2D eigenvalue weighted by atomic mass is 35.5. The van der Waals surface area contributed by atoms with Crippen molar-refractivity contribution in [3.63, 3.8) is 0 Å². The first-order valence-electron chi connectivity index (χ1n) is 5.59. The van der Waals surface area contributed by atoms with Crippen LogP contribution in [0.5, 0.6) is 0 Å². The molecule has 3 aromatic rings. The summed E-state index contributed by atoms with van der Waals surface area (Å²) in [6, 6.07) is 12.0. The molecule has 0 aliphatic heterocycles. The summed E-state index contributed by atoms with van der Waals surface area (Å²) in [6.07, 6.45) is 0.645. The average molecular weight is 261 g/mol. The molecule has 0 amide bonds. The molecule has 0 aliphatic rings. The SMILES string of the molecule is Fc1ccc(Cc2nc3ccc(Cl)cc3[nH]2)cc1. The molecule has 0 bridgehead atoms. The number of aromatic nitrogens is 2. The first kappa shape index (κ1) is 11.2. The van der Waals surface area contributed by atoms with Crippen LogP contribution in [-0.2, 0) is 6.42 Å². The Bertz CT molecular complexity index is 689. The van der Waals surface area contributed by atoms with Crippen molar-refractivity contribution in [1.82, 2.24) is 9.97 Å². The van der Waals surface area contributed by atoms with Gasteiger partial charge in [0, 0.05) is 11.4 Å². The number of imidazole rings is 1. The second kappa shape index (κ2) is 4.42. The van der Waals surface area contributed by atoms with Crippen LogP contribution < -0.4 is 0 Å². The molecule has 0 atom stereocenters. The predicted octanol–water partition coefficient (Wildman–Crippen LogP) is 3.95. The fourth-order valence-electron chi connectivity index (χ4n) is 1.91. The number of fused-ring (bicyclic) bond motifs is 1. The molecule has 0 radical (unpaired) electrons. The summed E-state index contributed by atoms with van der Waals surface area (Å²) >= 11 is 5.92. The summed E-state index contributed by atoms with van der Waals surface area (Å²) < 4.78 is 12.8. The first-order valence-corrected chi connectivity index (χ1v) is 5.97. The second-order valence-corrected chi connectivity index (χ2v) is 4.58. The van der Waals surface area contributed by atoms with Gasteiger partial charge in [0.25, 0.3) is 0 Å². The lowest BCUT2D eigenvalue weighted by Crippen LogP contribution is -1.90. The summed E-state index contributed by atoms with van der Waals surface area (Å²) in [6.45, 7) is 0. The minimum Gasteiger partial charge on any atom is -0.342 e. The van der Waals surface area contributed by atoms with E-state index in [-0.39, 0.29) is 5.82 Å². The molecule has 4 heteroatoms. The predicted molar refractivity (Wildman–Crippen MR) is 70.3 cm³/mol. The topological polar surface area (TPSA) is 28.7 Å². The molecule has 1 heterocycles. The van der Waals surface area contributed by atoms with Gasteiger partial charge in [-0.05, 0) is 35.9 Å². The van der Waals surface area contributed by atoms with Gasteiger partial charge in [-0.25, -0.2) is 9.37 Å². The van der Waals surface area contributed by atoms with E-state index in [9.17, 15) is 4.39 Å². The summed E-state index contributed by atoms with van der Waals surface area (Å²) in [7, 11) is 0. The van der Waals surface area contributed by atoms with E-state index in [1.165, 1.54) is 12.1 Å². The first-order chi connectivity index (χ1) is 8.70. The maximum absolute atomic E-state index is 12.8. The van der Waals surface area contributed by atoms with Crippen LogP contribution in [0.15, 0.2) is 42.5 Å². The van der Waals surface area contributed by atoms with Gasteiger partial charge in [0.2, 0.25) is 0 Å². The van der Waals surface area contributed by atoms with Crippen molar-refractivity contribution >= 4 is 22.6 Å². The Kier molecular flexibility index (Phi) is 2.76. The number of benzene rings is 2. The number of aromatic amines is 1. The highest BCUT2D eigenvalue weighted by Crippen LogP contribution is 2.18. The molecule has 1 N–H and O–H groups in total. The van der Waals surface area contributed by atoms with Crippen molar-refractivity contribution in [2.45, 2.75) is 6.42 Å². The number of hydrogen-bond donors (Lipinski definition) is 1. The maximum atomic E-state index is 12.8. The second-order valence-electron chi connectivity index (χ2n) is 4.15. The number of nitrogens with zero attached hydrogens (tertiary/aromatic N) is 1. The van der Waals surface area contributed by atoms with Gasteiger partial charge in [0.15, 0.2) is 0 Å². The third kappa shape index (κ3) is 2.22. The van der Waals surface area contributed by atoms with Gasteiger partial charge in [0.05, 0.1) is 11.0 Å². The Morgan fingerprint density at radius 2 is 1.89 bits per heavy atom. The Morgan fingerprint density at radius 1 is 1.11 bits per heavy atom. The molecule has 1 aromatic heterocycles. The zero-order valence-electron chi connectivity index (χ0n) is 9.45. The number of hydrogen-bond acceptors (Lipinski definition) is 1. The Labute approximate surface area is 108 Å². The molecule has 3 rings (SSSR count). The zero-order chi connectivity index (χ0) is 12.5. The quantitative estimate of drug-likeness (QED) is 0.743. The largest absolute Gasteiger partial charge is 0.342 e. The molecule has 2 aromatic carbocycles. The van der Waals surface area contributed by atoms with Crippen LogP contribution in [0.1, 0.15) is 11.4 Å². The summed E-state index contributed by atoms with van der Waals surface area (Å²) in [5.74, 6) is 0.619. The number of rotatable bonds is 2. The fourth-order valence-corrected chi connectivity index (χ4v) is 2.09. The highest BCUT2D eigenvalue weighted by molar-refractivity contribution is 6.31. The van der Waals surface area contributed by atoms with Crippen LogP contribution in [0.3, 0.4) is 0 Å². The van der Waals surface area contributed by atoms with Crippen LogP contribution in [0.4, 0.5) is 4.39 Å². The van der Waals surface area contributed by atoms with Gasteiger partial charge in [-0.15, -0.1) is 0 Å². The molecule has 2 nitrogen and oxygen atoms in total. The van der Waals surface area contributed by atoms with E-state index in [1.807, 2.05) is 18.2 Å². The Morgan fingerprint density at radius 3 is 2.67 bits per heavy atom. The van der Waals surface area contributed by atoms with Crippen molar-refractivity contribution in [1.29, 1.82) is 0 Å². The van der Waals surface area contributed by atoms with E-state index in [0.717, 1.165) is 22.4 Å². The van der Waals surface area contributed by atoms with Crippen LogP contribution in [0.25, 0.3) is 11.0 Å². The highest BCUT2D eigenvalue weighted by Gasteiger charge is 2.04. The Balaban J connectivity index is 1.92. The smallest absolute Gasteiger partial charge is 0.123 e. The van der Waals surface area contributed by atoms with E-state index >= 15 is 0 Å². The molecule has 0 fully saturated rings. The van der Waals surface area contributed by atoms with Crippen molar-refractivity contribution < 1.29 is 4.39 Å². The van der Waals surface area contributed by atoms with Gasteiger partial charge in [-0.2, -0.15) is 0 Å². The van der Waals surface area contributed by atoms with Crippen molar-refractivity contribution in [2.75, 3.05) is 0 Å². The van der Waals surface area contributed by atoms with E-state index < -0.39 is 0 Å². The average Bonchev–Trinajstić information content (AvgIpc) is 2.73. The summed E-state index contributed by atoms with van der Waals surface area (Å²) in [5, 5.41) is 0.680. The molecule has 0 saturated heterocycles. The van der Waals surface area contributed by atoms with Crippen molar-refractivity contribution in [2.24, 2.45) is 0 Å². The lowest BCUT2D eigenvalue weighted by molar-refractivity contribution is 0.627. The van der Waals surface area contributed by atoms with Crippen LogP contribution in [0.2, 0.25) is 5.02 Å². The zero-order valence-corrected chi connectivity index (χ0v) is 10.2. The molecule has 0 aliphatic carbocycles. The van der Waals surface area contributed by atoms with E-state index in [1.54, 1.807) is 12.1 Å². The van der Waals surface area contributed by atoms with Gasteiger partial charge in [-0.3, -0.25) is 0 Å². The minimum atomic E-state index is -0.227. The molecule has 0 unspecified atom stereocenters. The summed E-state index contributed by atoms with van der Waals surface area (Å²) in [5.41, 5.74) is 2.82. The third-order valence-electron chi connectivity index (χ3n) is 2.78. The molecule has 18 heavy (non-hydrogen) atoms. The number of nitrogens with one attached hydrogen (secondary N) is 1. The van der Waals surface area contributed by atoms with E-state index in [2.05, 4.69) is 9.97 Å². The lowest BCUT2D eigenvalue weighted by atomic mass is 10.1. The number of halogens is 2. The normalized spacial score (nSPS) is 11.0. The van der Waals surface area contributed by atoms with Crippen molar-refractivity contribution in [3.05, 3.63) is 64.7 Å². The van der Waals surface area contributed by atoms with Crippen LogP contribution in [-0.4, -0.2) is 9.97 Å². The van der Waals surface area contributed by atoms with E-state index in [4.69, 9.17) is 11.6 Å². The van der Waals surface area contributed by atoms with Gasteiger partial charge in [-0.1, -0.05) is 23.7 Å². The van der Waals surface area contributed by atoms with Crippen LogP contribution >= 0.6 is 11.6 Å². The molecular weight excluding hydrogens is 251 g/mol. The number of H-pyrrole nitrogens is 1. The standard InChI is InChI=1S/C14H10ClFN2/c15-10-3-6-12-13(8-10)18-14(17-12)7-9-1-4-11(16)5-2-9/h1-6,8H,7H2,(H,17,18). The monoisotopic (exact) mass is 260 g/mol. The lowest BCUT2D eigenvalue weighted by Gasteiger charge is -1.97. The molecule has 0 spiro atoms. The fraction of sp³-hybridized carbons (Fsp3) is 0.0714. The van der Waals surface area contributed by atoms with Gasteiger partial charge in [0.1, 0.15) is 11.6 Å².